The SMILES string of the molecule is CC=CCNC(=O)CCC.CCCC(N)=O. The molecule has 3 N–H and O–H groups in total. The van der Waals surface area contributed by atoms with Gasteiger partial charge in [0.2, 0.25) is 11.8 Å². The Bertz CT molecular complexity index is 213. The normalized spacial score (nSPS) is 9.44. The van der Waals surface area contributed by atoms with E-state index in [9.17, 15) is 9.59 Å². The van der Waals surface area contributed by atoms with Crippen molar-refractivity contribution in [2.75, 3.05) is 6.54 Å². The Morgan fingerprint density at radius 2 is 1.75 bits per heavy atom. The van der Waals surface area contributed by atoms with Crippen LogP contribution < -0.4 is 11.1 Å². The van der Waals surface area contributed by atoms with Crippen molar-refractivity contribution < 1.29 is 9.59 Å². The van der Waals surface area contributed by atoms with Crippen LogP contribution in [-0.4, -0.2) is 18.4 Å². The first-order valence-corrected chi connectivity index (χ1v) is 5.74. The number of hydrogen-bond acceptors (Lipinski definition) is 2. The Morgan fingerprint density at radius 1 is 1.19 bits per heavy atom. The molecule has 2 amide bonds. The highest BCUT2D eigenvalue weighted by Gasteiger charge is 1.93. The van der Waals surface area contributed by atoms with Crippen LogP contribution in [0.15, 0.2) is 12.2 Å². The summed E-state index contributed by atoms with van der Waals surface area (Å²) in [4.78, 5) is 20.6. The fraction of sp³-hybridized carbons (Fsp3) is 0.667. The first-order valence-electron chi connectivity index (χ1n) is 5.74. The van der Waals surface area contributed by atoms with E-state index in [2.05, 4.69) is 5.32 Å². The third-order valence-electron chi connectivity index (χ3n) is 1.63. The van der Waals surface area contributed by atoms with E-state index in [0.29, 0.717) is 19.4 Å². The molecule has 0 aromatic rings. The molecule has 4 heteroatoms. The number of hydrogen-bond donors (Lipinski definition) is 2. The maximum absolute atomic E-state index is 10.8. The summed E-state index contributed by atoms with van der Waals surface area (Å²) < 4.78 is 0. The predicted molar refractivity (Wildman–Crippen MR) is 66.8 cm³/mol. The minimum absolute atomic E-state index is 0.139. The van der Waals surface area contributed by atoms with Gasteiger partial charge in [0.05, 0.1) is 0 Å². The molecular weight excluding hydrogens is 204 g/mol. The Labute approximate surface area is 98.3 Å². The third-order valence-corrected chi connectivity index (χ3v) is 1.63. The van der Waals surface area contributed by atoms with Crippen LogP contribution in [0.4, 0.5) is 0 Å². The number of carbonyl (C=O) groups is 2. The number of primary amides is 1. The molecule has 0 radical (unpaired) electrons. The number of nitrogens with two attached hydrogens (primary N) is 1. The van der Waals surface area contributed by atoms with Crippen LogP contribution in [-0.2, 0) is 9.59 Å². The van der Waals surface area contributed by atoms with Crippen LogP contribution in [0.1, 0.15) is 46.5 Å². The fourth-order valence-corrected chi connectivity index (χ4v) is 0.852. The molecule has 94 valence electrons. The molecule has 0 aliphatic heterocycles. The topological polar surface area (TPSA) is 72.2 Å². The quantitative estimate of drug-likeness (QED) is 0.680. The van der Waals surface area contributed by atoms with Crippen LogP contribution in [0.25, 0.3) is 0 Å². The van der Waals surface area contributed by atoms with E-state index in [1.54, 1.807) is 0 Å². The van der Waals surface area contributed by atoms with Gasteiger partial charge in [-0.3, -0.25) is 9.59 Å². The average Bonchev–Trinajstić information content (AvgIpc) is 2.19. The number of allylic oxidation sites excluding steroid dienone is 1. The van der Waals surface area contributed by atoms with Crippen LogP contribution >= 0.6 is 0 Å². The monoisotopic (exact) mass is 228 g/mol. The summed E-state index contributed by atoms with van der Waals surface area (Å²) in [5.41, 5.74) is 4.76. The van der Waals surface area contributed by atoms with Crippen molar-refractivity contribution in [2.45, 2.75) is 46.5 Å². The van der Waals surface area contributed by atoms with E-state index < -0.39 is 0 Å². The van der Waals surface area contributed by atoms with Gasteiger partial charge in [-0.2, -0.15) is 0 Å². The van der Waals surface area contributed by atoms with Gasteiger partial charge >= 0.3 is 0 Å². The third kappa shape index (κ3) is 18.5. The van der Waals surface area contributed by atoms with Gasteiger partial charge in [0.15, 0.2) is 0 Å². The molecule has 0 fully saturated rings. The van der Waals surface area contributed by atoms with E-state index in [1.807, 2.05) is 32.9 Å². The molecule has 0 unspecified atom stereocenters. The average molecular weight is 228 g/mol. The van der Waals surface area contributed by atoms with Gasteiger partial charge in [0.25, 0.3) is 0 Å². The van der Waals surface area contributed by atoms with E-state index in [1.165, 1.54) is 0 Å². The molecule has 0 saturated carbocycles. The molecule has 0 heterocycles. The Hall–Kier alpha value is -1.32. The van der Waals surface area contributed by atoms with Crippen molar-refractivity contribution in [3.63, 3.8) is 0 Å². The standard InChI is InChI=1S/C8H15NO.C4H9NO/c1-3-5-7-9-8(10)6-4-2;1-2-3-4(5)6/h3,5H,4,6-7H2,1-2H3,(H,9,10);2-3H2,1H3,(H2,5,6). The number of amides is 2. The lowest BCUT2D eigenvalue weighted by Gasteiger charge is -1.97. The molecular formula is C12H24N2O2. The first-order chi connectivity index (χ1) is 7.58. The van der Waals surface area contributed by atoms with Crippen molar-refractivity contribution in [1.82, 2.24) is 5.32 Å². The minimum atomic E-state index is -0.211. The van der Waals surface area contributed by atoms with Crippen molar-refractivity contribution in [1.29, 1.82) is 0 Å². The summed E-state index contributed by atoms with van der Waals surface area (Å²) in [6, 6.07) is 0. The van der Waals surface area contributed by atoms with E-state index >= 15 is 0 Å². The van der Waals surface area contributed by atoms with Crippen molar-refractivity contribution in [3.05, 3.63) is 12.2 Å². The predicted octanol–water partition coefficient (Wildman–Crippen LogP) is 1.75. The van der Waals surface area contributed by atoms with Crippen molar-refractivity contribution in [3.8, 4) is 0 Å². The Kier molecular flexibility index (Phi) is 14.6. The van der Waals surface area contributed by atoms with E-state index in [4.69, 9.17) is 5.73 Å². The Balaban J connectivity index is 0. The van der Waals surface area contributed by atoms with Gasteiger partial charge in [0.1, 0.15) is 0 Å². The molecule has 0 aromatic carbocycles. The molecule has 0 aliphatic carbocycles. The number of rotatable bonds is 6. The maximum Gasteiger partial charge on any atom is 0.220 e. The smallest absolute Gasteiger partial charge is 0.220 e. The maximum atomic E-state index is 10.8. The highest BCUT2D eigenvalue weighted by molar-refractivity contribution is 5.75. The van der Waals surface area contributed by atoms with E-state index in [0.717, 1.165) is 12.8 Å². The van der Waals surface area contributed by atoms with Gasteiger partial charge in [-0.25, -0.2) is 0 Å². The summed E-state index contributed by atoms with van der Waals surface area (Å²) >= 11 is 0. The molecule has 0 atom stereocenters. The number of nitrogens with one attached hydrogen (secondary N) is 1. The molecule has 0 saturated heterocycles. The molecule has 0 aromatic heterocycles. The van der Waals surface area contributed by atoms with Crippen LogP contribution in [0.5, 0.6) is 0 Å². The van der Waals surface area contributed by atoms with Crippen LogP contribution in [0, 0.1) is 0 Å². The van der Waals surface area contributed by atoms with Gasteiger partial charge in [-0.05, 0) is 19.8 Å². The van der Waals surface area contributed by atoms with E-state index in [-0.39, 0.29) is 11.8 Å². The van der Waals surface area contributed by atoms with Crippen LogP contribution in [0.3, 0.4) is 0 Å². The van der Waals surface area contributed by atoms with Gasteiger partial charge < -0.3 is 11.1 Å². The molecule has 0 spiro atoms. The summed E-state index contributed by atoms with van der Waals surface area (Å²) in [6.45, 7) is 6.52. The summed E-state index contributed by atoms with van der Waals surface area (Å²) in [6.07, 6.45) is 6.77. The van der Waals surface area contributed by atoms with Crippen molar-refractivity contribution >= 4 is 11.8 Å². The Morgan fingerprint density at radius 3 is 2.06 bits per heavy atom. The van der Waals surface area contributed by atoms with Gasteiger partial charge in [-0.15, -0.1) is 0 Å². The zero-order valence-electron chi connectivity index (χ0n) is 10.6. The molecule has 0 bridgehead atoms. The van der Waals surface area contributed by atoms with Crippen molar-refractivity contribution in [2.24, 2.45) is 5.73 Å². The molecule has 0 rings (SSSR count). The summed E-state index contributed by atoms with van der Waals surface area (Å²) in [5, 5.41) is 2.76. The van der Waals surface area contributed by atoms with Gasteiger partial charge in [-0.1, -0.05) is 26.0 Å². The second-order valence-corrected chi connectivity index (χ2v) is 3.34. The zero-order valence-corrected chi connectivity index (χ0v) is 10.6. The zero-order chi connectivity index (χ0) is 12.8. The summed E-state index contributed by atoms with van der Waals surface area (Å²) in [5.74, 6) is -0.0712. The lowest BCUT2D eigenvalue weighted by Crippen LogP contribution is -2.22. The number of carbonyl (C=O) groups excluding carboxylic acids is 2. The molecule has 0 aliphatic rings. The highest BCUT2D eigenvalue weighted by atomic mass is 16.1. The second kappa shape index (κ2) is 13.7. The first kappa shape index (κ1) is 17.1. The fourth-order valence-electron chi connectivity index (χ4n) is 0.852. The molecule has 4 nitrogen and oxygen atoms in total. The highest BCUT2D eigenvalue weighted by Crippen LogP contribution is 1.84. The minimum Gasteiger partial charge on any atom is -0.370 e. The second-order valence-electron chi connectivity index (χ2n) is 3.34. The summed E-state index contributed by atoms with van der Waals surface area (Å²) in [7, 11) is 0. The lowest BCUT2D eigenvalue weighted by molar-refractivity contribution is -0.121. The lowest BCUT2D eigenvalue weighted by atomic mass is 10.3. The largest absolute Gasteiger partial charge is 0.370 e. The molecule has 16 heavy (non-hydrogen) atoms. The van der Waals surface area contributed by atoms with Crippen LogP contribution in [0.2, 0.25) is 0 Å². The van der Waals surface area contributed by atoms with Gasteiger partial charge in [0, 0.05) is 19.4 Å².